The molecule has 0 radical (unpaired) electrons. The van der Waals surface area contributed by atoms with Crippen LogP contribution >= 0.6 is 0 Å². The molecular formula is C18H22N2O. The molecule has 2 aromatic rings. The van der Waals surface area contributed by atoms with Gasteiger partial charge in [0.15, 0.2) is 0 Å². The maximum atomic E-state index is 5.82. The van der Waals surface area contributed by atoms with E-state index in [2.05, 4.69) is 35.4 Å². The fourth-order valence-electron chi connectivity index (χ4n) is 1.99. The number of benzene rings is 1. The van der Waals surface area contributed by atoms with Gasteiger partial charge in [-0.25, -0.2) is 0 Å². The van der Waals surface area contributed by atoms with Crippen molar-refractivity contribution in [3.8, 4) is 5.75 Å². The molecular weight excluding hydrogens is 260 g/mol. The van der Waals surface area contributed by atoms with Gasteiger partial charge in [0.25, 0.3) is 0 Å². The van der Waals surface area contributed by atoms with Gasteiger partial charge in [0.05, 0.1) is 5.69 Å². The van der Waals surface area contributed by atoms with Gasteiger partial charge in [-0.1, -0.05) is 43.3 Å². The lowest BCUT2D eigenvalue weighted by atomic mass is 10.2. The van der Waals surface area contributed by atoms with E-state index in [0.717, 1.165) is 30.2 Å². The largest absolute Gasteiger partial charge is 0.488 e. The van der Waals surface area contributed by atoms with Gasteiger partial charge in [-0.05, 0) is 37.2 Å². The number of nitrogens with zero attached hydrogens (tertiary/aromatic N) is 1. The summed E-state index contributed by atoms with van der Waals surface area (Å²) in [6.45, 7) is 6.27. The third kappa shape index (κ3) is 5.04. The Kier molecular flexibility index (Phi) is 5.98. The second-order valence-corrected chi connectivity index (χ2v) is 4.80. The van der Waals surface area contributed by atoms with Crippen LogP contribution in [0.2, 0.25) is 0 Å². The van der Waals surface area contributed by atoms with E-state index in [-0.39, 0.29) is 0 Å². The first kappa shape index (κ1) is 15.3. The standard InChI is InChI=1S/C18H22N2O/c1-3-19-14-17-18(12-11-15(2)20-17)21-13-7-10-16-8-5-4-6-9-16/h4-12,19H,3,13-14H2,1-2H3. The highest BCUT2D eigenvalue weighted by Crippen LogP contribution is 2.17. The van der Waals surface area contributed by atoms with Crippen LogP contribution in [-0.4, -0.2) is 18.1 Å². The van der Waals surface area contributed by atoms with E-state index in [4.69, 9.17) is 4.74 Å². The molecule has 1 aromatic carbocycles. The quantitative estimate of drug-likeness (QED) is 0.842. The summed E-state index contributed by atoms with van der Waals surface area (Å²) in [4.78, 5) is 4.54. The fraction of sp³-hybridized carbons (Fsp3) is 0.278. The normalized spacial score (nSPS) is 11.0. The number of hydrogen-bond acceptors (Lipinski definition) is 3. The molecule has 1 N–H and O–H groups in total. The lowest BCUT2D eigenvalue weighted by molar-refractivity contribution is 0.355. The highest BCUT2D eigenvalue weighted by molar-refractivity contribution is 5.48. The Morgan fingerprint density at radius 3 is 2.71 bits per heavy atom. The molecule has 0 aliphatic rings. The Morgan fingerprint density at radius 1 is 1.14 bits per heavy atom. The molecule has 0 saturated carbocycles. The number of ether oxygens (including phenoxy) is 1. The van der Waals surface area contributed by atoms with Crippen molar-refractivity contribution in [3.63, 3.8) is 0 Å². The topological polar surface area (TPSA) is 34.2 Å². The Morgan fingerprint density at radius 2 is 1.95 bits per heavy atom. The minimum atomic E-state index is 0.540. The molecule has 0 saturated heterocycles. The minimum Gasteiger partial charge on any atom is -0.488 e. The summed E-state index contributed by atoms with van der Waals surface area (Å²) in [5.74, 6) is 0.847. The van der Waals surface area contributed by atoms with Crippen molar-refractivity contribution in [2.75, 3.05) is 13.2 Å². The van der Waals surface area contributed by atoms with Crippen molar-refractivity contribution in [1.29, 1.82) is 0 Å². The summed E-state index contributed by atoms with van der Waals surface area (Å²) in [5, 5.41) is 3.29. The van der Waals surface area contributed by atoms with Crippen LogP contribution in [0.1, 0.15) is 23.9 Å². The Hall–Kier alpha value is -2.13. The average molecular weight is 282 g/mol. The predicted octanol–water partition coefficient (Wildman–Crippen LogP) is 3.59. The van der Waals surface area contributed by atoms with Crippen LogP contribution in [0, 0.1) is 6.92 Å². The molecule has 0 amide bonds. The molecule has 0 bridgehead atoms. The first-order chi connectivity index (χ1) is 10.3. The predicted molar refractivity (Wildman–Crippen MR) is 87.3 cm³/mol. The number of nitrogens with one attached hydrogen (secondary N) is 1. The van der Waals surface area contributed by atoms with E-state index in [0.29, 0.717) is 6.61 Å². The third-order valence-corrected chi connectivity index (χ3v) is 3.06. The van der Waals surface area contributed by atoms with Gasteiger partial charge >= 0.3 is 0 Å². The van der Waals surface area contributed by atoms with E-state index >= 15 is 0 Å². The van der Waals surface area contributed by atoms with Crippen LogP contribution in [0.25, 0.3) is 6.08 Å². The summed E-state index contributed by atoms with van der Waals surface area (Å²) in [7, 11) is 0. The Balaban J connectivity index is 1.94. The maximum absolute atomic E-state index is 5.82. The zero-order chi connectivity index (χ0) is 14.9. The van der Waals surface area contributed by atoms with Gasteiger partial charge in [-0.15, -0.1) is 0 Å². The molecule has 1 aromatic heterocycles. The molecule has 21 heavy (non-hydrogen) atoms. The number of aryl methyl sites for hydroxylation is 1. The zero-order valence-corrected chi connectivity index (χ0v) is 12.7. The van der Waals surface area contributed by atoms with Crippen LogP contribution in [0.4, 0.5) is 0 Å². The van der Waals surface area contributed by atoms with Crippen molar-refractivity contribution in [2.45, 2.75) is 20.4 Å². The third-order valence-electron chi connectivity index (χ3n) is 3.06. The highest BCUT2D eigenvalue weighted by atomic mass is 16.5. The Labute approximate surface area is 126 Å². The van der Waals surface area contributed by atoms with Gasteiger partial charge in [-0.2, -0.15) is 0 Å². The van der Waals surface area contributed by atoms with Crippen molar-refractivity contribution < 1.29 is 4.74 Å². The van der Waals surface area contributed by atoms with E-state index in [1.807, 2.05) is 43.3 Å². The summed E-state index contributed by atoms with van der Waals surface area (Å²) in [6, 6.07) is 14.2. The lowest BCUT2D eigenvalue weighted by Crippen LogP contribution is -2.14. The summed E-state index contributed by atoms with van der Waals surface area (Å²) in [6.07, 6.45) is 4.08. The number of hydrogen-bond donors (Lipinski definition) is 1. The van der Waals surface area contributed by atoms with Crippen molar-refractivity contribution in [3.05, 3.63) is 65.5 Å². The van der Waals surface area contributed by atoms with E-state index in [1.54, 1.807) is 0 Å². The van der Waals surface area contributed by atoms with Crippen LogP contribution in [0.5, 0.6) is 5.75 Å². The number of rotatable bonds is 7. The smallest absolute Gasteiger partial charge is 0.142 e. The molecule has 1 heterocycles. The SMILES string of the molecule is CCNCc1nc(C)ccc1OCC=Cc1ccccc1. The molecule has 0 spiro atoms. The van der Waals surface area contributed by atoms with Crippen LogP contribution < -0.4 is 10.1 Å². The second kappa shape index (κ2) is 8.22. The number of aromatic nitrogens is 1. The van der Waals surface area contributed by atoms with Crippen molar-refractivity contribution in [2.24, 2.45) is 0 Å². The average Bonchev–Trinajstić information content (AvgIpc) is 2.52. The fourth-order valence-corrected chi connectivity index (χ4v) is 1.99. The van der Waals surface area contributed by atoms with Crippen LogP contribution in [0.15, 0.2) is 48.5 Å². The maximum Gasteiger partial charge on any atom is 0.142 e. The van der Waals surface area contributed by atoms with Gasteiger partial charge < -0.3 is 10.1 Å². The molecule has 0 atom stereocenters. The highest BCUT2D eigenvalue weighted by Gasteiger charge is 2.04. The molecule has 2 rings (SSSR count). The second-order valence-electron chi connectivity index (χ2n) is 4.80. The molecule has 0 aliphatic carbocycles. The van der Waals surface area contributed by atoms with Gasteiger partial charge in [-0.3, -0.25) is 4.98 Å². The van der Waals surface area contributed by atoms with Crippen molar-refractivity contribution >= 4 is 6.08 Å². The van der Waals surface area contributed by atoms with E-state index in [1.165, 1.54) is 5.56 Å². The Bertz CT molecular complexity index is 579. The van der Waals surface area contributed by atoms with Crippen LogP contribution in [-0.2, 0) is 6.54 Å². The first-order valence-electron chi connectivity index (χ1n) is 7.31. The first-order valence-corrected chi connectivity index (χ1v) is 7.31. The molecule has 110 valence electrons. The molecule has 0 fully saturated rings. The van der Waals surface area contributed by atoms with Gasteiger partial charge in [0.1, 0.15) is 12.4 Å². The summed E-state index contributed by atoms with van der Waals surface area (Å²) >= 11 is 0. The summed E-state index contributed by atoms with van der Waals surface area (Å²) < 4.78 is 5.82. The van der Waals surface area contributed by atoms with Crippen LogP contribution in [0.3, 0.4) is 0 Å². The zero-order valence-electron chi connectivity index (χ0n) is 12.7. The lowest BCUT2D eigenvalue weighted by Gasteiger charge is -2.10. The van der Waals surface area contributed by atoms with E-state index in [9.17, 15) is 0 Å². The summed E-state index contributed by atoms with van der Waals surface area (Å²) in [5.41, 5.74) is 3.15. The molecule has 0 aliphatic heterocycles. The van der Waals surface area contributed by atoms with Gasteiger partial charge in [0, 0.05) is 12.2 Å². The van der Waals surface area contributed by atoms with Crippen molar-refractivity contribution in [1.82, 2.24) is 10.3 Å². The van der Waals surface area contributed by atoms with E-state index < -0.39 is 0 Å². The monoisotopic (exact) mass is 282 g/mol. The molecule has 3 heteroatoms. The minimum absolute atomic E-state index is 0.540. The number of pyridine rings is 1. The molecule has 3 nitrogen and oxygen atoms in total. The van der Waals surface area contributed by atoms with Gasteiger partial charge in [0.2, 0.25) is 0 Å². The molecule has 0 unspecified atom stereocenters.